The number of nitrogens with zero attached hydrogens (tertiary/aromatic N) is 3. The van der Waals surface area contributed by atoms with Crippen LogP contribution in [0.4, 0.5) is 10.2 Å². The van der Waals surface area contributed by atoms with Crippen molar-refractivity contribution in [3.63, 3.8) is 0 Å². The summed E-state index contributed by atoms with van der Waals surface area (Å²) in [6.07, 6.45) is 7.92. The molecule has 0 atom stereocenters. The minimum atomic E-state index is -0.341. The quantitative estimate of drug-likeness (QED) is 0.479. The Morgan fingerprint density at radius 2 is 2.10 bits per heavy atom. The Morgan fingerprint density at radius 1 is 1.30 bits per heavy atom. The van der Waals surface area contributed by atoms with Gasteiger partial charge in [0, 0.05) is 17.1 Å². The van der Waals surface area contributed by atoms with Crippen molar-refractivity contribution in [1.29, 1.82) is 0 Å². The second kappa shape index (κ2) is 9.80. The molecule has 9 heteroatoms. The van der Waals surface area contributed by atoms with Crippen LogP contribution in [-0.4, -0.2) is 26.8 Å². The maximum atomic E-state index is 13.9. The molecule has 158 valence electrons. The van der Waals surface area contributed by atoms with Crippen LogP contribution in [0.25, 0.3) is 0 Å². The van der Waals surface area contributed by atoms with E-state index in [9.17, 15) is 9.18 Å². The van der Waals surface area contributed by atoms with E-state index in [2.05, 4.69) is 31.3 Å². The zero-order valence-corrected chi connectivity index (χ0v) is 18.7. The second-order valence-electron chi connectivity index (χ2n) is 7.27. The van der Waals surface area contributed by atoms with Crippen molar-refractivity contribution in [2.45, 2.75) is 51.4 Å². The van der Waals surface area contributed by atoms with E-state index in [0.717, 1.165) is 17.8 Å². The van der Waals surface area contributed by atoms with Gasteiger partial charge in [-0.05, 0) is 34.8 Å². The van der Waals surface area contributed by atoms with E-state index in [1.165, 1.54) is 36.7 Å². The summed E-state index contributed by atoms with van der Waals surface area (Å²) in [5, 5.41) is 9.60. The molecule has 30 heavy (non-hydrogen) atoms. The lowest BCUT2D eigenvalue weighted by molar-refractivity contribution is 0.0167. The summed E-state index contributed by atoms with van der Waals surface area (Å²) in [5.74, 6) is -0.267. The monoisotopic (exact) mass is 492 g/mol. The van der Waals surface area contributed by atoms with Crippen LogP contribution in [0.5, 0.6) is 0 Å². The highest BCUT2D eigenvalue weighted by atomic mass is 79.9. The van der Waals surface area contributed by atoms with E-state index in [4.69, 9.17) is 4.74 Å². The number of amides is 1. The van der Waals surface area contributed by atoms with E-state index >= 15 is 0 Å². The van der Waals surface area contributed by atoms with E-state index in [1.54, 1.807) is 34.5 Å². The third-order valence-corrected chi connectivity index (χ3v) is 6.42. The predicted octanol–water partition coefficient (Wildman–Crippen LogP) is 5.39. The first-order valence-corrected chi connectivity index (χ1v) is 11.6. The van der Waals surface area contributed by atoms with Gasteiger partial charge in [0.25, 0.3) is 5.91 Å². The maximum Gasteiger partial charge on any atom is 0.276 e. The molecule has 4 rings (SSSR count). The Balaban J connectivity index is 1.35. The summed E-state index contributed by atoms with van der Waals surface area (Å²) in [6.45, 7) is 0.698. The summed E-state index contributed by atoms with van der Waals surface area (Å²) < 4.78 is 22.0. The smallest absolute Gasteiger partial charge is 0.276 e. The number of benzene rings is 1. The Hall–Kier alpha value is -2.10. The van der Waals surface area contributed by atoms with Gasteiger partial charge in [0.2, 0.25) is 0 Å². The van der Waals surface area contributed by atoms with Gasteiger partial charge >= 0.3 is 0 Å². The van der Waals surface area contributed by atoms with E-state index in [0.29, 0.717) is 34.3 Å². The van der Waals surface area contributed by atoms with Crippen LogP contribution in [-0.2, 0) is 17.9 Å². The number of rotatable bonds is 7. The minimum Gasteiger partial charge on any atom is -0.371 e. The zero-order chi connectivity index (χ0) is 20.9. The molecule has 0 radical (unpaired) electrons. The topological polar surface area (TPSA) is 69.0 Å². The molecule has 1 aliphatic carbocycles. The third-order valence-electron chi connectivity index (χ3n) is 5.02. The highest BCUT2D eigenvalue weighted by Crippen LogP contribution is 2.24. The summed E-state index contributed by atoms with van der Waals surface area (Å²) in [4.78, 5) is 17.0. The molecule has 1 amide bonds. The lowest BCUT2D eigenvalue weighted by Crippen LogP contribution is -2.16. The van der Waals surface area contributed by atoms with Crippen LogP contribution >= 0.6 is 27.3 Å². The molecule has 0 unspecified atom stereocenters. The fourth-order valence-electron chi connectivity index (χ4n) is 3.44. The molecular formula is C21H22BrFN4O2S. The number of carbonyl (C=O) groups excluding carboxylic acids is 1. The number of nitrogens with one attached hydrogen (secondary N) is 1. The van der Waals surface area contributed by atoms with E-state index in [1.807, 2.05) is 0 Å². The van der Waals surface area contributed by atoms with Gasteiger partial charge in [-0.3, -0.25) is 9.48 Å². The molecule has 1 fully saturated rings. The number of thiazole rings is 1. The van der Waals surface area contributed by atoms with Crippen LogP contribution < -0.4 is 5.32 Å². The van der Waals surface area contributed by atoms with Gasteiger partial charge in [-0.1, -0.05) is 37.5 Å². The van der Waals surface area contributed by atoms with Gasteiger partial charge in [0.05, 0.1) is 23.7 Å². The Labute approximate surface area is 186 Å². The molecule has 1 N–H and O–H groups in total. The summed E-state index contributed by atoms with van der Waals surface area (Å²) in [5.41, 5.74) is 0.852. The largest absolute Gasteiger partial charge is 0.371 e. The molecule has 6 nitrogen and oxygen atoms in total. The van der Waals surface area contributed by atoms with Crippen molar-refractivity contribution in [3.8, 4) is 0 Å². The molecule has 0 bridgehead atoms. The molecule has 1 aliphatic rings. The second-order valence-corrected chi connectivity index (χ2v) is 9.06. The molecule has 0 spiro atoms. The van der Waals surface area contributed by atoms with Gasteiger partial charge in [-0.25, -0.2) is 9.37 Å². The number of ether oxygens (including phenoxy) is 1. The van der Waals surface area contributed by atoms with Gasteiger partial charge in [0.1, 0.15) is 16.5 Å². The van der Waals surface area contributed by atoms with Crippen molar-refractivity contribution in [2.24, 2.45) is 0 Å². The lowest BCUT2D eigenvalue weighted by Gasteiger charge is -2.21. The Kier molecular flexibility index (Phi) is 6.91. The van der Waals surface area contributed by atoms with Crippen molar-refractivity contribution >= 4 is 39.0 Å². The number of aromatic nitrogens is 3. The number of halogens is 2. The van der Waals surface area contributed by atoms with Crippen LogP contribution in [0.1, 0.15) is 53.2 Å². The maximum absolute atomic E-state index is 13.9. The first-order chi connectivity index (χ1) is 14.6. The normalized spacial score (nSPS) is 14.7. The molecular weight excluding hydrogens is 471 g/mol. The first kappa shape index (κ1) is 21.1. The fraction of sp³-hybridized carbons (Fsp3) is 0.381. The van der Waals surface area contributed by atoms with Gasteiger partial charge < -0.3 is 10.1 Å². The van der Waals surface area contributed by atoms with Gasteiger partial charge in [-0.2, -0.15) is 5.10 Å². The molecule has 2 aromatic heterocycles. The molecule has 1 aromatic carbocycles. The average molecular weight is 493 g/mol. The van der Waals surface area contributed by atoms with E-state index in [-0.39, 0.29) is 18.3 Å². The van der Waals surface area contributed by atoms with Crippen molar-refractivity contribution in [1.82, 2.24) is 14.8 Å². The molecule has 2 heterocycles. The zero-order valence-electron chi connectivity index (χ0n) is 16.3. The molecule has 0 saturated heterocycles. The number of hydrogen-bond donors (Lipinski definition) is 1. The lowest BCUT2D eigenvalue weighted by atomic mass is 9.98. The summed E-state index contributed by atoms with van der Waals surface area (Å²) in [7, 11) is 0. The molecule has 3 aromatic rings. The predicted molar refractivity (Wildman–Crippen MR) is 117 cm³/mol. The van der Waals surface area contributed by atoms with Crippen molar-refractivity contribution < 1.29 is 13.9 Å². The van der Waals surface area contributed by atoms with Crippen molar-refractivity contribution in [2.75, 3.05) is 5.32 Å². The standard InChI is InChI=1S/C21H22BrFN4O2S/c22-16-11-27(10-14-6-4-5-9-17(14)23)26-20(16)25-21(28)18-13-30-19(24-18)12-29-15-7-2-1-3-8-15/h4-6,9,11,13,15H,1-3,7-8,10,12H2,(H,25,26,28). The fourth-order valence-corrected chi connectivity index (χ4v) is 4.55. The molecule has 1 saturated carbocycles. The number of hydrogen-bond acceptors (Lipinski definition) is 5. The summed E-state index contributed by atoms with van der Waals surface area (Å²) in [6, 6.07) is 6.53. The third kappa shape index (κ3) is 5.33. The van der Waals surface area contributed by atoms with Gasteiger partial charge in [-0.15, -0.1) is 11.3 Å². The Morgan fingerprint density at radius 3 is 2.90 bits per heavy atom. The number of carbonyl (C=O) groups is 1. The van der Waals surface area contributed by atoms with Crippen LogP contribution in [0.2, 0.25) is 0 Å². The average Bonchev–Trinajstić information content (AvgIpc) is 3.36. The Bertz CT molecular complexity index is 1020. The summed E-state index contributed by atoms with van der Waals surface area (Å²) >= 11 is 4.81. The van der Waals surface area contributed by atoms with Gasteiger partial charge in [0.15, 0.2) is 5.82 Å². The van der Waals surface area contributed by atoms with E-state index < -0.39 is 0 Å². The van der Waals surface area contributed by atoms with Crippen LogP contribution in [0, 0.1) is 5.82 Å². The SMILES string of the molecule is O=C(Nc1nn(Cc2ccccc2F)cc1Br)c1csc(COC2CCCCC2)n1. The first-order valence-electron chi connectivity index (χ1n) is 9.92. The highest BCUT2D eigenvalue weighted by molar-refractivity contribution is 9.10. The van der Waals surface area contributed by atoms with Crippen LogP contribution in [0.15, 0.2) is 40.3 Å². The molecule has 0 aliphatic heterocycles. The highest BCUT2D eigenvalue weighted by Gasteiger charge is 2.17. The number of anilines is 1. The minimum absolute atomic E-state index is 0.264. The van der Waals surface area contributed by atoms with Crippen molar-refractivity contribution in [3.05, 3.63) is 62.4 Å². The van der Waals surface area contributed by atoms with Crippen LogP contribution in [0.3, 0.4) is 0 Å².